The summed E-state index contributed by atoms with van der Waals surface area (Å²) in [5.41, 5.74) is 3.02. The first-order valence-electron chi connectivity index (χ1n) is 7.64. The molecular weight excluding hydrogens is 336 g/mol. The lowest BCUT2D eigenvalue weighted by atomic mass is 10.1. The topological polar surface area (TPSA) is 93.4 Å². The summed E-state index contributed by atoms with van der Waals surface area (Å²) in [6.45, 7) is 2.02. The average Bonchev–Trinajstić information content (AvgIpc) is 3.31. The quantitative estimate of drug-likeness (QED) is 0.550. The number of nitrogens with zero attached hydrogens (tertiary/aromatic N) is 5. The smallest absolute Gasteiger partial charge is 0.237 e. The van der Waals surface area contributed by atoms with Crippen molar-refractivity contribution in [3.8, 4) is 22.8 Å². The Morgan fingerprint density at radius 2 is 1.92 bits per heavy atom. The van der Waals surface area contributed by atoms with Crippen molar-refractivity contribution in [2.24, 2.45) is 0 Å². The molecule has 0 aliphatic heterocycles. The second kappa shape index (κ2) is 6.86. The number of hydrogen-bond acceptors (Lipinski definition) is 7. The zero-order chi connectivity index (χ0) is 17.1. The summed E-state index contributed by atoms with van der Waals surface area (Å²) in [4.78, 5) is 12.9. The van der Waals surface area contributed by atoms with Crippen LogP contribution in [0.3, 0.4) is 0 Å². The van der Waals surface area contributed by atoms with Crippen LogP contribution in [-0.4, -0.2) is 30.3 Å². The molecule has 0 aliphatic rings. The summed E-state index contributed by atoms with van der Waals surface area (Å²) in [7, 11) is 0. The maximum atomic E-state index is 5.33. The van der Waals surface area contributed by atoms with E-state index in [0.717, 1.165) is 16.7 Å². The Balaban J connectivity index is 1.44. The molecule has 0 fully saturated rings. The van der Waals surface area contributed by atoms with Crippen LogP contribution in [0.5, 0.6) is 0 Å². The van der Waals surface area contributed by atoms with Gasteiger partial charge in [0.25, 0.3) is 0 Å². The maximum absolute atomic E-state index is 5.33. The fourth-order valence-electron chi connectivity index (χ4n) is 2.32. The Kier molecular flexibility index (Phi) is 4.26. The van der Waals surface area contributed by atoms with E-state index in [-0.39, 0.29) is 0 Å². The number of aryl methyl sites for hydroxylation is 1. The molecule has 4 rings (SSSR count). The molecule has 1 aromatic carbocycles. The number of aromatic amines is 1. The Morgan fingerprint density at radius 1 is 1.08 bits per heavy atom. The molecule has 0 aliphatic carbocycles. The molecule has 124 valence electrons. The lowest BCUT2D eigenvalue weighted by molar-refractivity contribution is 0.391. The van der Waals surface area contributed by atoms with Crippen molar-refractivity contribution >= 4 is 11.8 Å². The molecular formula is C17H14N6OS. The molecule has 0 atom stereocenters. The van der Waals surface area contributed by atoms with Gasteiger partial charge in [0.2, 0.25) is 16.9 Å². The van der Waals surface area contributed by atoms with Crippen molar-refractivity contribution in [2.75, 3.05) is 0 Å². The predicted molar refractivity (Wildman–Crippen MR) is 93.6 cm³/mol. The molecule has 25 heavy (non-hydrogen) atoms. The minimum Gasteiger partial charge on any atom is -0.338 e. The van der Waals surface area contributed by atoms with Crippen LogP contribution in [0.25, 0.3) is 22.8 Å². The number of hydrogen-bond donors (Lipinski definition) is 1. The van der Waals surface area contributed by atoms with E-state index in [2.05, 4.69) is 30.3 Å². The van der Waals surface area contributed by atoms with E-state index < -0.39 is 0 Å². The first-order chi connectivity index (χ1) is 12.3. The fraction of sp³-hybridized carbons (Fsp3) is 0.118. The van der Waals surface area contributed by atoms with Gasteiger partial charge in [-0.15, -0.1) is 5.10 Å². The van der Waals surface area contributed by atoms with Crippen LogP contribution < -0.4 is 0 Å². The molecule has 0 amide bonds. The van der Waals surface area contributed by atoms with Crippen molar-refractivity contribution < 1.29 is 4.52 Å². The van der Waals surface area contributed by atoms with Crippen molar-refractivity contribution in [3.63, 3.8) is 0 Å². The van der Waals surface area contributed by atoms with E-state index in [1.54, 1.807) is 12.4 Å². The third-order valence-electron chi connectivity index (χ3n) is 3.60. The van der Waals surface area contributed by atoms with E-state index in [1.165, 1.54) is 11.8 Å². The molecule has 0 unspecified atom stereocenters. The summed E-state index contributed by atoms with van der Waals surface area (Å²) in [6.07, 6.45) is 3.44. The van der Waals surface area contributed by atoms with Crippen LogP contribution in [0.15, 0.2) is 58.5 Å². The molecule has 0 bridgehead atoms. The van der Waals surface area contributed by atoms with Crippen molar-refractivity contribution in [3.05, 3.63) is 60.2 Å². The van der Waals surface area contributed by atoms with Gasteiger partial charge in [-0.1, -0.05) is 41.2 Å². The Bertz CT molecular complexity index is 981. The van der Waals surface area contributed by atoms with Crippen LogP contribution in [0.4, 0.5) is 0 Å². The molecule has 0 spiro atoms. The van der Waals surface area contributed by atoms with Crippen molar-refractivity contribution in [2.45, 2.75) is 17.8 Å². The SMILES string of the molecule is Cc1ccccc1-c1noc(CSc2n[nH]c(-c3ccncc3)n2)n1. The van der Waals surface area contributed by atoms with Gasteiger partial charge in [-0.2, -0.15) is 4.98 Å². The summed E-state index contributed by atoms with van der Waals surface area (Å²) >= 11 is 1.44. The van der Waals surface area contributed by atoms with Gasteiger partial charge in [-0.25, -0.2) is 4.98 Å². The van der Waals surface area contributed by atoms with E-state index in [9.17, 15) is 0 Å². The number of thioether (sulfide) groups is 1. The minimum atomic E-state index is 0.506. The first kappa shape index (κ1) is 15.5. The van der Waals surface area contributed by atoms with Crippen LogP contribution in [0.2, 0.25) is 0 Å². The van der Waals surface area contributed by atoms with Gasteiger partial charge >= 0.3 is 0 Å². The molecule has 0 radical (unpaired) electrons. The monoisotopic (exact) mass is 350 g/mol. The highest BCUT2D eigenvalue weighted by Gasteiger charge is 2.12. The van der Waals surface area contributed by atoms with Gasteiger partial charge in [0.15, 0.2) is 5.82 Å². The summed E-state index contributed by atoms with van der Waals surface area (Å²) in [5.74, 6) is 2.35. The molecule has 1 N–H and O–H groups in total. The number of H-pyrrole nitrogens is 1. The molecule has 3 heterocycles. The fourth-order valence-corrected chi connectivity index (χ4v) is 2.96. The summed E-state index contributed by atoms with van der Waals surface area (Å²) in [6, 6.07) is 11.7. The summed E-state index contributed by atoms with van der Waals surface area (Å²) in [5, 5.41) is 11.8. The third-order valence-corrected chi connectivity index (χ3v) is 4.43. The maximum Gasteiger partial charge on any atom is 0.237 e. The van der Waals surface area contributed by atoms with Gasteiger partial charge < -0.3 is 4.52 Å². The van der Waals surface area contributed by atoms with Gasteiger partial charge in [-0.05, 0) is 24.6 Å². The van der Waals surface area contributed by atoms with Crippen LogP contribution in [0, 0.1) is 6.92 Å². The molecule has 8 heteroatoms. The lowest BCUT2D eigenvalue weighted by Gasteiger charge is -1.97. The number of aromatic nitrogens is 6. The number of nitrogens with one attached hydrogen (secondary N) is 1. The van der Waals surface area contributed by atoms with Crippen molar-refractivity contribution in [1.29, 1.82) is 0 Å². The number of benzene rings is 1. The standard InChI is InChI=1S/C17H14N6OS/c1-11-4-2-3-5-13(11)16-19-14(24-23-16)10-25-17-20-15(21-22-17)12-6-8-18-9-7-12/h2-9H,10H2,1H3,(H,20,21,22). The lowest BCUT2D eigenvalue weighted by Crippen LogP contribution is -1.86. The van der Waals surface area contributed by atoms with Gasteiger partial charge in [-0.3, -0.25) is 10.1 Å². The van der Waals surface area contributed by atoms with E-state index in [4.69, 9.17) is 4.52 Å². The van der Waals surface area contributed by atoms with Crippen LogP contribution in [-0.2, 0) is 5.75 Å². The Hall–Kier alpha value is -3.00. The van der Waals surface area contributed by atoms with Crippen LogP contribution in [0.1, 0.15) is 11.5 Å². The Morgan fingerprint density at radius 3 is 2.76 bits per heavy atom. The van der Waals surface area contributed by atoms with Crippen molar-refractivity contribution in [1.82, 2.24) is 30.3 Å². The number of rotatable bonds is 5. The molecule has 7 nitrogen and oxygen atoms in total. The molecule has 0 saturated carbocycles. The highest BCUT2D eigenvalue weighted by molar-refractivity contribution is 7.98. The second-order valence-corrected chi connectivity index (χ2v) is 6.26. The zero-order valence-electron chi connectivity index (χ0n) is 13.4. The predicted octanol–water partition coefficient (Wildman–Crippen LogP) is 3.52. The van der Waals surface area contributed by atoms with Crippen LogP contribution >= 0.6 is 11.8 Å². The Labute approximate surface area is 147 Å². The largest absolute Gasteiger partial charge is 0.338 e. The summed E-state index contributed by atoms with van der Waals surface area (Å²) < 4.78 is 5.33. The zero-order valence-corrected chi connectivity index (χ0v) is 14.2. The molecule has 4 aromatic rings. The average molecular weight is 350 g/mol. The number of pyridine rings is 1. The molecule has 3 aromatic heterocycles. The van der Waals surface area contributed by atoms with Gasteiger partial charge in [0.1, 0.15) is 0 Å². The van der Waals surface area contributed by atoms with E-state index in [1.807, 2.05) is 43.3 Å². The van der Waals surface area contributed by atoms with Gasteiger partial charge in [0.05, 0.1) is 5.75 Å². The highest BCUT2D eigenvalue weighted by atomic mass is 32.2. The van der Waals surface area contributed by atoms with Gasteiger partial charge in [0, 0.05) is 23.5 Å². The minimum absolute atomic E-state index is 0.506. The first-order valence-corrected chi connectivity index (χ1v) is 8.62. The van der Waals surface area contributed by atoms with E-state index >= 15 is 0 Å². The van der Waals surface area contributed by atoms with E-state index in [0.29, 0.717) is 28.4 Å². The molecule has 0 saturated heterocycles. The normalized spacial score (nSPS) is 10.9. The third kappa shape index (κ3) is 3.43. The second-order valence-electron chi connectivity index (χ2n) is 5.32. The highest BCUT2D eigenvalue weighted by Crippen LogP contribution is 2.24.